The summed E-state index contributed by atoms with van der Waals surface area (Å²) >= 11 is 0. The van der Waals surface area contributed by atoms with Crippen molar-refractivity contribution in [1.82, 2.24) is 5.32 Å². The highest BCUT2D eigenvalue weighted by Crippen LogP contribution is 2.29. The van der Waals surface area contributed by atoms with Crippen LogP contribution in [0.4, 0.5) is 0 Å². The van der Waals surface area contributed by atoms with Crippen LogP contribution in [0.2, 0.25) is 0 Å². The Kier molecular flexibility index (Phi) is 5.18. The Labute approximate surface area is 121 Å². The summed E-state index contributed by atoms with van der Waals surface area (Å²) in [4.78, 5) is 10.9. The van der Waals surface area contributed by atoms with E-state index in [0.29, 0.717) is 12.0 Å². The number of rotatable bonds is 5. The number of benzene rings is 1. The fourth-order valence-electron chi connectivity index (χ4n) is 3.01. The Bertz CT molecular complexity index is 450. The van der Waals surface area contributed by atoms with Crippen LogP contribution in [-0.4, -0.2) is 17.6 Å². The number of aliphatic carboxylic acids is 1. The fourth-order valence-corrected chi connectivity index (χ4v) is 3.01. The minimum Gasteiger partial charge on any atom is -0.481 e. The van der Waals surface area contributed by atoms with E-state index in [4.69, 9.17) is 5.11 Å². The van der Waals surface area contributed by atoms with Gasteiger partial charge in [-0.15, -0.1) is 0 Å². The smallest absolute Gasteiger partial charge is 0.306 e. The van der Waals surface area contributed by atoms with Gasteiger partial charge in [-0.2, -0.15) is 0 Å². The van der Waals surface area contributed by atoms with Crippen molar-refractivity contribution in [3.63, 3.8) is 0 Å². The topological polar surface area (TPSA) is 49.3 Å². The lowest BCUT2D eigenvalue weighted by Gasteiger charge is -2.27. The quantitative estimate of drug-likeness (QED) is 0.864. The van der Waals surface area contributed by atoms with Crippen molar-refractivity contribution >= 4 is 5.97 Å². The van der Waals surface area contributed by atoms with Gasteiger partial charge in [0.15, 0.2) is 0 Å². The monoisotopic (exact) mass is 275 g/mol. The van der Waals surface area contributed by atoms with E-state index in [1.54, 1.807) is 0 Å². The molecule has 2 N–H and O–H groups in total. The van der Waals surface area contributed by atoms with Crippen LogP contribution in [0.15, 0.2) is 24.3 Å². The van der Waals surface area contributed by atoms with Crippen molar-refractivity contribution in [2.24, 2.45) is 11.8 Å². The van der Waals surface area contributed by atoms with Crippen LogP contribution in [0.5, 0.6) is 0 Å². The predicted octanol–water partition coefficient (Wildman–Crippen LogP) is 3.54. The highest BCUT2D eigenvalue weighted by atomic mass is 16.4. The molecular weight excluding hydrogens is 250 g/mol. The first-order chi connectivity index (χ1) is 9.56. The molecule has 0 amide bonds. The van der Waals surface area contributed by atoms with Crippen molar-refractivity contribution < 1.29 is 9.90 Å². The number of hydrogen-bond donors (Lipinski definition) is 2. The lowest BCUT2D eigenvalue weighted by molar-refractivity contribution is -0.143. The van der Waals surface area contributed by atoms with Gasteiger partial charge in [-0.1, -0.05) is 29.8 Å². The number of hydrogen-bond acceptors (Lipinski definition) is 2. The van der Waals surface area contributed by atoms with Crippen LogP contribution in [-0.2, 0) is 4.79 Å². The molecule has 0 radical (unpaired) electrons. The largest absolute Gasteiger partial charge is 0.481 e. The maximum absolute atomic E-state index is 10.9. The summed E-state index contributed by atoms with van der Waals surface area (Å²) in [5, 5.41) is 12.6. The van der Waals surface area contributed by atoms with Crippen LogP contribution >= 0.6 is 0 Å². The molecule has 0 saturated heterocycles. The second kappa shape index (κ2) is 6.89. The lowest BCUT2D eigenvalue weighted by atomic mass is 9.82. The SMILES string of the molecule is Cc1cccc(C(C)NCC2CCC(C(=O)O)CC2)c1. The predicted molar refractivity (Wildman–Crippen MR) is 80.7 cm³/mol. The molecule has 2 rings (SSSR count). The Morgan fingerprint density at radius 1 is 1.35 bits per heavy atom. The Hall–Kier alpha value is -1.35. The average Bonchev–Trinajstić information content (AvgIpc) is 2.45. The van der Waals surface area contributed by atoms with Crippen LogP contribution in [0.1, 0.15) is 49.8 Å². The molecule has 3 nitrogen and oxygen atoms in total. The molecule has 1 aliphatic rings. The summed E-state index contributed by atoms with van der Waals surface area (Å²) < 4.78 is 0. The third kappa shape index (κ3) is 4.07. The first-order valence-corrected chi connectivity index (χ1v) is 7.59. The van der Waals surface area contributed by atoms with E-state index in [9.17, 15) is 4.79 Å². The van der Waals surface area contributed by atoms with Crippen LogP contribution in [0, 0.1) is 18.8 Å². The molecule has 1 aromatic rings. The summed E-state index contributed by atoms with van der Waals surface area (Å²) in [6.07, 6.45) is 3.73. The minimum absolute atomic E-state index is 0.111. The molecule has 1 unspecified atom stereocenters. The standard InChI is InChI=1S/C17H25NO2/c1-12-4-3-5-16(10-12)13(2)18-11-14-6-8-15(9-7-14)17(19)20/h3-5,10,13-15,18H,6-9,11H2,1-2H3,(H,19,20). The molecule has 1 aliphatic carbocycles. The maximum atomic E-state index is 10.9. The van der Waals surface area contributed by atoms with Gasteiger partial charge in [0.05, 0.1) is 5.92 Å². The van der Waals surface area contributed by atoms with E-state index >= 15 is 0 Å². The van der Waals surface area contributed by atoms with E-state index < -0.39 is 5.97 Å². The van der Waals surface area contributed by atoms with Gasteiger partial charge in [0.2, 0.25) is 0 Å². The second-order valence-corrected chi connectivity index (χ2v) is 6.10. The minimum atomic E-state index is -0.621. The Balaban J connectivity index is 1.77. The molecule has 0 spiro atoms. The third-order valence-corrected chi connectivity index (χ3v) is 4.45. The zero-order chi connectivity index (χ0) is 14.5. The highest BCUT2D eigenvalue weighted by Gasteiger charge is 2.25. The number of carbonyl (C=O) groups is 1. The van der Waals surface area contributed by atoms with Gasteiger partial charge in [0, 0.05) is 6.04 Å². The van der Waals surface area contributed by atoms with Gasteiger partial charge in [0.25, 0.3) is 0 Å². The van der Waals surface area contributed by atoms with Gasteiger partial charge in [-0.05, 0) is 57.6 Å². The summed E-state index contributed by atoms with van der Waals surface area (Å²) in [5.41, 5.74) is 2.61. The third-order valence-electron chi connectivity index (χ3n) is 4.45. The van der Waals surface area contributed by atoms with E-state index in [-0.39, 0.29) is 5.92 Å². The van der Waals surface area contributed by atoms with Gasteiger partial charge in [0.1, 0.15) is 0 Å². The van der Waals surface area contributed by atoms with Crippen molar-refractivity contribution in [1.29, 1.82) is 0 Å². The lowest BCUT2D eigenvalue weighted by Crippen LogP contribution is -2.30. The van der Waals surface area contributed by atoms with Crippen molar-refractivity contribution in [2.45, 2.75) is 45.6 Å². The molecule has 0 aliphatic heterocycles. The zero-order valence-electron chi connectivity index (χ0n) is 12.4. The van der Waals surface area contributed by atoms with E-state index in [0.717, 1.165) is 32.2 Å². The molecule has 20 heavy (non-hydrogen) atoms. The number of carboxylic acids is 1. The van der Waals surface area contributed by atoms with Crippen LogP contribution < -0.4 is 5.32 Å². The normalized spacial score (nSPS) is 24.3. The first-order valence-electron chi connectivity index (χ1n) is 7.59. The molecule has 0 aromatic heterocycles. The fraction of sp³-hybridized carbons (Fsp3) is 0.588. The molecule has 0 heterocycles. The Morgan fingerprint density at radius 3 is 2.65 bits per heavy atom. The van der Waals surface area contributed by atoms with Crippen molar-refractivity contribution in [3.8, 4) is 0 Å². The molecule has 1 fully saturated rings. The molecular formula is C17H25NO2. The van der Waals surface area contributed by atoms with Gasteiger partial charge >= 0.3 is 5.97 Å². The highest BCUT2D eigenvalue weighted by molar-refractivity contribution is 5.69. The van der Waals surface area contributed by atoms with Gasteiger partial charge < -0.3 is 10.4 Å². The van der Waals surface area contributed by atoms with E-state index in [2.05, 4.69) is 43.4 Å². The van der Waals surface area contributed by atoms with Crippen molar-refractivity contribution in [3.05, 3.63) is 35.4 Å². The second-order valence-electron chi connectivity index (χ2n) is 6.10. The maximum Gasteiger partial charge on any atom is 0.306 e. The Morgan fingerprint density at radius 2 is 2.05 bits per heavy atom. The van der Waals surface area contributed by atoms with Gasteiger partial charge in [-0.3, -0.25) is 4.79 Å². The molecule has 110 valence electrons. The molecule has 3 heteroatoms. The average molecular weight is 275 g/mol. The van der Waals surface area contributed by atoms with Crippen LogP contribution in [0.3, 0.4) is 0 Å². The van der Waals surface area contributed by atoms with Crippen LogP contribution in [0.25, 0.3) is 0 Å². The summed E-state index contributed by atoms with van der Waals surface area (Å²) in [6, 6.07) is 8.95. The number of carboxylic acid groups (broad SMARTS) is 1. The summed E-state index contributed by atoms with van der Waals surface area (Å²) in [6.45, 7) is 5.29. The van der Waals surface area contributed by atoms with Crippen molar-refractivity contribution in [2.75, 3.05) is 6.54 Å². The molecule has 1 atom stereocenters. The molecule has 1 saturated carbocycles. The molecule has 0 bridgehead atoms. The van der Waals surface area contributed by atoms with E-state index in [1.807, 2.05) is 0 Å². The van der Waals surface area contributed by atoms with E-state index in [1.165, 1.54) is 11.1 Å². The summed E-state index contributed by atoms with van der Waals surface area (Å²) in [5.74, 6) is -0.108. The first kappa shape index (κ1) is 15.0. The van der Waals surface area contributed by atoms with Gasteiger partial charge in [-0.25, -0.2) is 0 Å². The summed E-state index contributed by atoms with van der Waals surface area (Å²) in [7, 11) is 0. The number of nitrogens with one attached hydrogen (secondary N) is 1. The zero-order valence-corrected chi connectivity index (χ0v) is 12.4. The molecule has 1 aromatic carbocycles. The number of aryl methyl sites for hydroxylation is 1.